The maximum Gasteiger partial charge on any atom is 0.320 e. The third-order valence-electron chi connectivity index (χ3n) is 1.36. The molecule has 1 aliphatic heterocycles. The van der Waals surface area contributed by atoms with E-state index in [1.165, 1.54) is 0 Å². The van der Waals surface area contributed by atoms with Crippen molar-refractivity contribution in [3.8, 4) is 0 Å². The SMILES string of the molecule is ClOCl.O=C(O)[C@@H]1CCCN1.S. The van der Waals surface area contributed by atoms with E-state index in [4.69, 9.17) is 5.11 Å². The molecule has 0 aromatic rings. The van der Waals surface area contributed by atoms with Gasteiger partial charge in [0.05, 0.1) is 23.7 Å². The molecule has 12 heavy (non-hydrogen) atoms. The van der Waals surface area contributed by atoms with Crippen LogP contribution < -0.4 is 5.32 Å². The molecule has 0 aromatic heterocycles. The third-order valence-corrected chi connectivity index (χ3v) is 1.36. The van der Waals surface area contributed by atoms with E-state index in [9.17, 15) is 4.79 Å². The lowest BCUT2D eigenvalue weighted by Crippen LogP contribution is -2.29. The fourth-order valence-electron chi connectivity index (χ4n) is 0.895. The standard InChI is InChI=1S/C5H9NO2.Cl2O.H2S/c7-5(8)4-2-1-3-6-4;1-3-2;/h4,6H,1-3H2,(H,7,8);;1H2/t4-;;/m0../s1. The zero-order chi connectivity index (χ0) is 8.69. The highest BCUT2D eigenvalue weighted by Crippen LogP contribution is 2.03. The van der Waals surface area contributed by atoms with E-state index in [1.807, 2.05) is 0 Å². The van der Waals surface area contributed by atoms with Gasteiger partial charge in [0, 0.05) is 0 Å². The van der Waals surface area contributed by atoms with E-state index in [0.717, 1.165) is 19.4 Å². The number of carboxylic acid groups (broad SMARTS) is 1. The van der Waals surface area contributed by atoms with Crippen LogP contribution in [0.2, 0.25) is 0 Å². The topological polar surface area (TPSA) is 58.6 Å². The first-order valence-electron chi connectivity index (χ1n) is 3.08. The number of hydrogen-bond acceptors (Lipinski definition) is 3. The Hall–Kier alpha value is 0.320. The summed E-state index contributed by atoms with van der Waals surface area (Å²) in [5, 5.41) is 11.2. The molecule has 0 amide bonds. The number of rotatable bonds is 1. The molecule has 74 valence electrons. The molecule has 0 radical (unpaired) electrons. The summed E-state index contributed by atoms with van der Waals surface area (Å²) in [6, 6.07) is -0.269. The van der Waals surface area contributed by atoms with Crippen molar-refractivity contribution in [1.82, 2.24) is 5.32 Å². The lowest BCUT2D eigenvalue weighted by molar-refractivity contribution is -0.139. The number of hydrogen-bond donors (Lipinski definition) is 2. The number of carbonyl (C=O) groups is 1. The predicted molar refractivity (Wildman–Crippen MR) is 51.8 cm³/mol. The zero-order valence-electron chi connectivity index (χ0n) is 6.22. The van der Waals surface area contributed by atoms with Gasteiger partial charge in [0.25, 0.3) is 0 Å². The number of nitrogens with one attached hydrogen (secondary N) is 1. The number of aliphatic carboxylic acids is 1. The molecule has 7 heteroatoms. The lowest BCUT2D eigenvalue weighted by Gasteiger charge is -1.99. The molecule has 0 aromatic carbocycles. The Morgan fingerprint density at radius 3 is 2.25 bits per heavy atom. The van der Waals surface area contributed by atoms with E-state index in [0.29, 0.717) is 0 Å². The van der Waals surface area contributed by atoms with Gasteiger partial charge in [0.15, 0.2) is 0 Å². The summed E-state index contributed by atoms with van der Waals surface area (Å²) in [7, 11) is 0. The van der Waals surface area contributed by atoms with Gasteiger partial charge in [-0.2, -0.15) is 17.3 Å². The molecule has 4 nitrogen and oxygen atoms in total. The Morgan fingerprint density at radius 1 is 1.58 bits per heavy atom. The Kier molecular flexibility index (Phi) is 11.6. The molecule has 1 rings (SSSR count). The maximum absolute atomic E-state index is 10.1. The van der Waals surface area contributed by atoms with Crippen LogP contribution in [0.3, 0.4) is 0 Å². The minimum absolute atomic E-state index is 0. The third kappa shape index (κ3) is 7.00. The van der Waals surface area contributed by atoms with Crippen molar-refractivity contribution in [2.24, 2.45) is 0 Å². The second kappa shape index (κ2) is 9.41. The van der Waals surface area contributed by atoms with Crippen molar-refractivity contribution < 1.29 is 13.7 Å². The van der Waals surface area contributed by atoms with Crippen LogP contribution in [-0.4, -0.2) is 23.7 Å². The van der Waals surface area contributed by atoms with Crippen molar-refractivity contribution >= 4 is 43.2 Å². The predicted octanol–water partition coefficient (Wildman–Crippen LogP) is 1.25. The summed E-state index contributed by atoms with van der Waals surface area (Å²) in [5.41, 5.74) is 0. The van der Waals surface area contributed by atoms with Gasteiger partial charge >= 0.3 is 5.97 Å². The highest BCUT2D eigenvalue weighted by atomic mass is 35.6. The van der Waals surface area contributed by atoms with Crippen molar-refractivity contribution in [1.29, 1.82) is 0 Å². The lowest BCUT2D eigenvalue weighted by atomic mass is 10.2. The van der Waals surface area contributed by atoms with Crippen LogP contribution in [0.15, 0.2) is 0 Å². The number of halogens is 2. The Labute approximate surface area is 88.0 Å². The molecule has 2 N–H and O–H groups in total. The van der Waals surface area contributed by atoms with Crippen LogP contribution in [0.4, 0.5) is 0 Å². The first-order chi connectivity index (χ1) is 5.22. The van der Waals surface area contributed by atoms with Gasteiger partial charge in [-0.15, -0.1) is 0 Å². The molecule has 0 saturated carbocycles. The average molecular weight is 236 g/mol. The number of carboxylic acids is 1. The monoisotopic (exact) mass is 235 g/mol. The smallest absolute Gasteiger partial charge is 0.320 e. The Balaban J connectivity index is 0. The average Bonchev–Trinajstić information content (AvgIpc) is 2.38. The second-order valence-corrected chi connectivity index (χ2v) is 2.51. The molecule has 1 fully saturated rings. The van der Waals surface area contributed by atoms with E-state index in [2.05, 4.69) is 32.9 Å². The van der Waals surface area contributed by atoms with Crippen LogP contribution in [0, 0.1) is 0 Å². The molecule has 0 unspecified atom stereocenters. The summed E-state index contributed by atoms with van der Waals surface area (Å²) in [5.74, 6) is -0.720. The molecule has 1 atom stereocenters. The van der Waals surface area contributed by atoms with Crippen LogP contribution in [0.5, 0.6) is 0 Å². The van der Waals surface area contributed by atoms with Gasteiger partial charge in [-0.25, -0.2) is 0 Å². The molecular formula is C5H11Cl2NO3S. The van der Waals surface area contributed by atoms with E-state index in [-0.39, 0.29) is 19.5 Å². The van der Waals surface area contributed by atoms with E-state index in [1.54, 1.807) is 0 Å². The van der Waals surface area contributed by atoms with Gasteiger partial charge in [-0.1, -0.05) is 0 Å². The van der Waals surface area contributed by atoms with Crippen molar-refractivity contribution in [3.63, 3.8) is 0 Å². The minimum Gasteiger partial charge on any atom is -0.480 e. The first-order valence-corrected chi connectivity index (χ1v) is 3.69. The summed E-state index contributed by atoms with van der Waals surface area (Å²) in [6.07, 6.45) is 1.78. The zero-order valence-corrected chi connectivity index (χ0v) is 8.73. The van der Waals surface area contributed by atoms with E-state index >= 15 is 0 Å². The molecular weight excluding hydrogens is 225 g/mol. The van der Waals surface area contributed by atoms with Gasteiger partial charge in [-0.05, 0) is 19.4 Å². The second-order valence-electron chi connectivity index (χ2n) is 2.05. The quantitative estimate of drug-likeness (QED) is 0.719. The summed E-state index contributed by atoms with van der Waals surface area (Å²) < 4.78 is 3.19. The van der Waals surface area contributed by atoms with Gasteiger partial charge in [-0.3, -0.25) is 4.79 Å². The highest BCUT2D eigenvalue weighted by Gasteiger charge is 2.20. The summed E-state index contributed by atoms with van der Waals surface area (Å²) >= 11 is 8.53. The van der Waals surface area contributed by atoms with Crippen LogP contribution in [0.25, 0.3) is 0 Å². The van der Waals surface area contributed by atoms with Crippen LogP contribution >= 0.6 is 37.2 Å². The van der Waals surface area contributed by atoms with Gasteiger partial charge < -0.3 is 10.4 Å². The molecule has 0 bridgehead atoms. The minimum atomic E-state index is -0.720. The molecule has 0 spiro atoms. The summed E-state index contributed by atoms with van der Waals surface area (Å²) in [4.78, 5) is 10.1. The normalized spacial score (nSPS) is 20.3. The van der Waals surface area contributed by atoms with Crippen molar-refractivity contribution in [3.05, 3.63) is 0 Å². The fourth-order valence-corrected chi connectivity index (χ4v) is 0.895. The van der Waals surface area contributed by atoms with Gasteiger partial charge in [0.1, 0.15) is 6.04 Å². The van der Waals surface area contributed by atoms with Crippen molar-refractivity contribution in [2.45, 2.75) is 18.9 Å². The van der Waals surface area contributed by atoms with Crippen molar-refractivity contribution in [2.75, 3.05) is 6.54 Å². The molecule has 0 aliphatic carbocycles. The maximum atomic E-state index is 10.1. The Morgan fingerprint density at radius 2 is 2.08 bits per heavy atom. The van der Waals surface area contributed by atoms with Gasteiger partial charge in [0.2, 0.25) is 0 Å². The van der Waals surface area contributed by atoms with Crippen LogP contribution in [-0.2, 0) is 8.64 Å². The highest BCUT2D eigenvalue weighted by molar-refractivity contribution is 7.59. The van der Waals surface area contributed by atoms with Crippen LogP contribution in [0.1, 0.15) is 12.8 Å². The summed E-state index contributed by atoms with van der Waals surface area (Å²) in [6.45, 7) is 0.858. The Bertz CT molecular complexity index is 121. The first kappa shape index (κ1) is 14.8. The molecule has 1 saturated heterocycles. The molecule has 1 aliphatic rings. The molecule has 1 heterocycles. The fraction of sp³-hybridized carbons (Fsp3) is 0.800. The largest absolute Gasteiger partial charge is 0.480 e. The van der Waals surface area contributed by atoms with E-state index < -0.39 is 5.97 Å².